The minimum Gasteiger partial charge on any atom is -0.481 e. The Hall–Kier alpha value is -1.84. The van der Waals surface area contributed by atoms with Crippen molar-refractivity contribution in [1.82, 2.24) is 0 Å². The van der Waals surface area contributed by atoms with Crippen molar-refractivity contribution in [1.29, 1.82) is 0 Å². The highest BCUT2D eigenvalue weighted by molar-refractivity contribution is 5.78. The molecule has 0 aromatic heterocycles. The third-order valence-corrected chi connectivity index (χ3v) is 7.10. The number of carboxylic acids is 2. The molecule has 0 bridgehead atoms. The summed E-state index contributed by atoms with van der Waals surface area (Å²) in [5, 5.41) is 18.8. The molecule has 2 saturated carbocycles. The first-order chi connectivity index (χ1) is 12.7. The Bertz CT molecular complexity index is 754. The van der Waals surface area contributed by atoms with Crippen LogP contribution >= 0.6 is 0 Å². The SMILES string of the molecule is Cc1cc(C)c(CCCC2(C(=O)O)CC2)c(CCCC2(C(=O)O)CC2)c1C. The lowest BCUT2D eigenvalue weighted by molar-refractivity contribution is -0.144. The molecule has 0 unspecified atom stereocenters. The van der Waals surface area contributed by atoms with Gasteiger partial charge in [-0.2, -0.15) is 0 Å². The van der Waals surface area contributed by atoms with Gasteiger partial charge < -0.3 is 10.2 Å². The van der Waals surface area contributed by atoms with E-state index in [9.17, 15) is 19.8 Å². The molecule has 27 heavy (non-hydrogen) atoms. The monoisotopic (exact) mass is 372 g/mol. The number of carboxylic acid groups (broad SMARTS) is 2. The van der Waals surface area contributed by atoms with Crippen LogP contribution in [0.2, 0.25) is 0 Å². The third kappa shape index (κ3) is 4.04. The first-order valence-corrected chi connectivity index (χ1v) is 10.3. The summed E-state index contributed by atoms with van der Waals surface area (Å²) in [4.78, 5) is 22.8. The van der Waals surface area contributed by atoms with Crippen molar-refractivity contribution in [3.63, 3.8) is 0 Å². The molecule has 148 valence electrons. The maximum atomic E-state index is 11.4. The zero-order valence-corrected chi connectivity index (χ0v) is 16.9. The molecular weight excluding hydrogens is 340 g/mol. The number of hydrogen-bond acceptors (Lipinski definition) is 2. The number of rotatable bonds is 10. The van der Waals surface area contributed by atoms with Crippen LogP contribution in [0.4, 0.5) is 0 Å². The topological polar surface area (TPSA) is 74.6 Å². The van der Waals surface area contributed by atoms with Crippen LogP contribution < -0.4 is 0 Å². The fourth-order valence-electron chi connectivity index (χ4n) is 4.56. The Morgan fingerprint density at radius 2 is 1.26 bits per heavy atom. The average molecular weight is 373 g/mol. The second-order valence-corrected chi connectivity index (χ2v) is 8.97. The standard InChI is InChI=1S/C23H32O4/c1-15-14-16(2)18(6-4-8-22(10-11-22)20(24)25)19(17(15)3)7-5-9-23(12-13-23)21(26)27/h14H,4-13H2,1-3H3,(H,24,25)(H,26,27). The van der Waals surface area contributed by atoms with Crippen molar-refractivity contribution in [3.8, 4) is 0 Å². The Kier molecular flexibility index (Phi) is 5.38. The summed E-state index contributed by atoms with van der Waals surface area (Å²) in [6.45, 7) is 6.45. The highest BCUT2D eigenvalue weighted by Gasteiger charge is 2.50. The lowest BCUT2D eigenvalue weighted by Gasteiger charge is -2.19. The second-order valence-electron chi connectivity index (χ2n) is 8.97. The van der Waals surface area contributed by atoms with Crippen LogP contribution in [0.1, 0.15) is 79.2 Å². The van der Waals surface area contributed by atoms with E-state index in [1.54, 1.807) is 0 Å². The van der Waals surface area contributed by atoms with Gasteiger partial charge in [-0.1, -0.05) is 6.07 Å². The number of hydrogen-bond donors (Lipinski definition) is 2. The molecule has 2 N–H and O–H groups in total. The van der Waals surface area contributed by atoms with Gasteiger partial charge in [-0.25, -0.2) is 0 Å². The maximum Gasteiger partial charge on any atom is 0.309 e. The van der Waals surface area contributed by atoms with E-state index in [0.29, 0.717) is 0 Å². The molecule has 0 radical (unpaired) electrons. The normalized spacial score (nSPS) is 18.9. The maximum absolute atomic E-state index is 11.4. The Morgan fingerprint density at radius 3 is 1.67 bits per heavy atom. The van der Waals surface area contributed by atoms with Gasteiger partial charge in [0.1, 0.15) is 0 Å². The number of aryl methyl sites for hydroxylation is 2. The molecule has 4 nitrogen and oxygen atoms in total. The van der Waals surface area contributed by atoms with Crippen LogP contribution in [-0.4, -0.2) is 22.2 Å². The van der Waals surface area contributed by atoms with Crippen LogP contribution in [0.3, 0.4) is 0 Å². The quantitative estimate of drug-likeness (QED) is 0.607. The van der Waals surface area contributed by atoms with Crippen LogP contribution in [0.5, 0.6) is 0 Å². The predicted octanol–water partition coefficient (Wildman–Crippen LogP) is 4.99. The molecule has 3 rings (SSSR count). The number of carbonyl (C=O) groups is 2. The fraction of sp³-hybridized carbons (Fsp3) is 0.652. The van der Waals surface area contributed by atoms with Crippen molar-refractivity contribution in [3.05, 3.63) is 33.9 Å². The highest BCUT2D eigenvalue weighted by Crippen LogP contribution is 2.51. The summed E-state index contributed by atoms with van der Waals surface area (Å²) < 4.78 is 0. The van der Waals surface area contributed by atoms with Gasteiger partial charge in [-0.15, -0.1) is 0 Å². The van der Waals surface area contributed by atoms with Gasteiger partial charge in [-0.3, -0.25) is 9.59 Å². The third-order valence-electron chi connectivity index (χ3n) is 7.10. The average Bonchev–Trinajstić information content (AvgIpc) is 3.49. The molecule has 0 amide bonds. The number of benzene rings is 1. The van der Waals surface area contributed by atoms with Gasteiger partial charge >= 0.3 is 11.9 Å². The van der Waals surface area contributed by atoms with E-state index in [2.05, 4.69) is 26.8 Å². The summed E-state index contributed by atoms with van der Waals surface area (Å²) >= 11 is 0. The summed E-state index contributed by atoms with van der Waals surface area (Å²) in [6.07, 6.45) is 8.44. The lowest BCUT2D eigenvalue weighted by atomic mass is 9.86. The van der Waals surface area contributed by atoms with E-state index in [1.807, 2.05) is 0 Å². The Morgan fingerprint density at radius 1 is 0.815 bits per heavy atom. The van der Waals surface area contributed by atoms with E-state index in [4.69, 9.17) is 0 Å². The van der Waals surface area contributed by atoms with E-state index >= 15 is 0 Å². The molecule has 1 aromatic rings. The van der Waals surface area contributed by atoms with E-state index in [1.165, 1.54) is 27.8 Å². The minimum absolute atomic E-state index is 0.451. The largest absolute Gasteiger partial charge is 0.481 e. The van der Waals surface area contributed by atoms with Gasteiger partial charge in [0.2, 0.25) is 0 Å². The molecule has 2 fully saturated rings. The van der Waals surface area contributed by atoms with Crippen LogP contribution in [0.25, 0.3) is 0 Å². The highest BCUT2D eigenvalue weighted by atomic mass is 16.4. The zero-order chi connectivity index (χ0) is 19.8. The number of aliphatic carboxylic acids is 2. The van der Waals surface area contributed by atoms with Crippen LogP contribution in [0.15, 0.2) is 6.07 Å². The molecular formula is C23H32O4. The van der Waals surface area contributed by atoms with Crippen molar-refractivity contribution in [2.45, 2.75) is 85.0 Å². The first-order valence-electron chi connectivity index (χ1n) is 10.3. The zero-order valence-electron chi connectivity index (χ0n) is 16.9. The Labute approximate surface area is 162 Å². The van der Waals surface area contributed by atoms with Gasteiger partial charge in [0.25, 0.3) is 0 Å². The first kappa shape index (κ1) is 19.9. The van der Waals surface area contributed by atoms with E-state index in [0.717, 1.165) is 64.2 Å². The summed E-state index contributed by atoms with van der Waals surface area (Å²) in [7, 11) is 0. The summed E-state index contributed by atoms with van der Waals surface area (Å²) in [5.74, 6) is -1.27. The van der Waals surface area contributed by atoms with E-state index in [-0.39, 0.29) is 0 Å². The molecule has 2 aliphatic rings. The molecule has 0 aliphatic heterocycles. The molecule has 1 aromatic carbocycles. The molecule has 0 spiro atoms. The summed E-state index contributed by atoms with van der Waals surface area (Å²) in [5.41, 5.74) is 5.71. The smallest absolute Gasteiger partial charge is 0.309 e. The van der Waals surface area contributed by atoms with Crippen LogP contribution in [-0.2, 0) is 22.4 Å². The molecule has 0 saturated heterocycles. The Balaban J connectivity index is 1.68. The van der Waals surface area contributed by atoms with Gasteiger partial charge in [-0.05, 0) is 113 Å². The van der Waals surface area contributed by atoms with Gasteiger partial charge in [0.15, 0.2) is 0 Å². The fourth-order valence-corrected chi connectivity index (χ4v) is 4.56. The lowest BCUT2D eigenvalue weighted by Crippen LogP contribution is -2.16. The van der Waals surface area contributed by atoms with Crippen molar-refractivity contribution in [2.24, 2.45) is 10.8 Å². The van der Waals surface area contributed by atoms with Gasteiger partial charge in [0.05, 0.1) is 10.8 Å². The van der Waals surface area contributed by atoms with Crippen molar-refractivity contribution < 1.29 is 19.8 Å². The summed E-state index contributed by atoms with van der Waals surface area (Å²) in [6, 6.07) is 2.23. The van der Waals surface area contributed by atoms with Crippen LogP contribution in [0, 0.1) is 31.6 Å². The molecule has 4 heteroatoms. The molecule has 0 atom stereocenters. The molecule has 2 aliphatic carbocycles. The van der Waals surface area contributed by atoms with Gasteiger partial charge in [0, 0.05) is 0 Å². The molecule has 0 heterocycles. The second kappa shape index (κ2) is 7.29. The van der Waals surface area contributed by atoms with E-state index < -0.39 is 22.8 Å². The minimum atomic E-state index is -0.636. The van der Waals surface area contributed by atoms with Crippen molar-refractivity contribution in [2.75, 3.05) is 0 Å². The predicted molar refractivity (Wildman–Crippen MR) is 105 cm³/mol. The van der Waals surface area contributed by atoms with Crippen molar-refractivity contribution >= 4 is 11.9 Å².